The number of nitrogens with one attached hydrogen (secondary N) is 1. The molecular weight excluding hydrogens is 371 g/mol. The Hall–Kier alpha value is -1.86. The van der Waals surface area contributed by atoms with Crippen LogP contribution in [0.2, 0.25) is 10.0 Å². The van der Waals surface area contributed by atoms with E-state index in [-0.39, 0.29) is 21.5 Å². The van der Waals surface area contributed by atoms with Crippen LogP contribution in [-0.2, 0) is 16.6 Å². The smallest absolute Gasteiger partial charge is 0.243 e. The number of rotatable bonds is 5. The third-order valence-electron chi connectivity index (χ3n) is 3.29. The maximum absolute atomic E-state index is 12.5. The fourth-order valence-corrected chi connectivity index (χ4v) is 4.35. The Bertz CT molecular complexity index is 937. The van der Waals surface area contributed by atoms with Crippen molar-refractivity contribution in [3.8, 4) is 11.5 Å². The molecule has 8 heteroatoms. The molecule has 3 rings (SSSR count). The molecule has 0 aliphatic carbocycles. The minimum absolute atomic E-state index is 0.0216. The van der Waals surface area contributed by atoms with Crippen LogP contribution >= 0.6 is 23.2 Å². The first kappa shape index (κ1) is 17.0. The quantitative estimate of drug-likeness (QED) is 0.719. The SMILES string of the molecule is O=S(=O)(NCc1cccnc1-c1ccco1)c1c(Cl)cccc1Cl. The Morgan fingerprint density at radius 2 is 1.79 bits per heavy atom. The summed E-state index contributed by atoms with van der Waals surface area (Å²) in [7, 11) is -3.88. The second kappa shape index (κ2) is 6.94. The first-order valence-corrected chi connectivity index (χ1v) is 9.14. The molecule has 0 aliphatic rings. The highest BCUT2D eigenvalue weighted by atomic mass is 35.5. The number of halogens is 2. The molecule has 0 saturated carbocycles. The van der Waals surface area contributed by atoms with Gasteiger partial charge < -0.3 is 4.42 Å². The van der Waals surface area contributed by atoms with Crippen LogP contribution in [0, 0.1) is 0 Å². The first-order valence-electron chi connectivity index (χ1n) is 6.90. The lowest BCUT2D eigenvalue weighted by molar-refractivity contribution is 0.575. The van der Waals surface area contributed by atoms with E-state index in [1.807, 2.05) is 0 Å². The van der Waals surface area contributed by atoms with E-state index in [1.54, 1.807) is 36.5 Å². The van der Waals surface area contributed by atoms with Crippen molar-refractivity contribution in [3.05, 3.63) is 70.5 Å². The molecule has 0 atom stereocenters. The summed E-state index contributed by atoms with van der Waals surface area (Å²) >= 11 is 12.0. The van der Waals surface area contributed by atoms with Crippen LogP contribution < -0.4 is 4.72 Å². The van der Waals surface area contributed by atoms with Crippen LogP contribution in [0.5, 0.6) is 0 Å². The molecule has 5 nitrogen and oxygen atoms in total. The van der Waals surface area contributed by atoms with E-state index < -0.39 is 10.0 Å². The number of aromatic nitrogens is 1. The molecule has 0 fully saturated rings. The average Bonchev–Trinajstić information content (AvgIpc) is 3.07. The summed E-state index contributed by atoms with van der Waals surface area (Å²) in [5.74, 6) is 0.556. The highest BCUT2D eigenvalue weighted by molar-refractivity contribution is 7.89. The molecule has 0 amide bonds. The number of benzene rings is 1. The zero-order valence-electron chi connectivity index (χ0n) is 12.2. The lowest BCUT2D eigenvalue weighted by Crippen LogP contribution is -2.24. The van der Waals surface area contributed by atoms with Gasteiger partial charge in [0.05, 0.1) is 16.3 Å². The number of hydrogen-bond acceptors (Lipinski definition) is 4. The van der Waals surface area contributed by atoms with Gasteiger partial charge in [0.2, 0.25) is 10.0 Å². The number of sulfonamides is 1. The van der Waals surface area contributed by atoms with Crippen molar-refractivity contribution in [1.82, 2.24) is 9.71 Å². The summed E-state index contributed by atoms with van der Waals surface area (Å²) in [5.41, 5.74) is 1.23. The number of pyridine rings is 1. The number of hydrogen-bond donors (Lipinski definition) is 1. The number of furan rings is 1. The lowest BCUT2D eigenvalue weighted by atomic mass is 10.1. The summed E-state index contributed by atoms with van der Waals surface area (Å²) in [4.78, 5) is 4.11. The molecule has 2 heterocycles. The highest BCUT2D eigenvalue weighted by Gasteiger charge is 2.22. The Kier molecular flexibility index (Phi) is 4.91. The van der Waals surface area contributed by atoms with Crippen molar-refractivity contribution in [2.45, 2.75) is 11.4 Å². The molecule has 1 N–H and O–H groups in total. The zero-order chi connectivity index (χ0) is 17.2. The number of nitrogens with zero attached hydrogens (tertiary/aromatic N) is 1. The molecule has 0 saturated heterocycles. The summed E-state index contributed by atoms with van der Waals surface area (Å²) < 4.78 is 32.9. The van der Waals surface area contributed by atoms with Crippen LogP contribution in [-0.4, -0.2) is 13.4 Å². The van der Waals surface area contributed by atoms with E-state index >= 15 is 0 Å². The molecule has 0 spiro atoms. The molecule has 24 heavy (non-hydrogen) atoms. The monoisotopic (exact) mass is 382 g/mol. The fourth-order valence-electron chi connectivity index (χ4n) is 2.20. The van der Waals surface area contributed by atoms with E-state index in [0.29, 0.717) is 17.0 Å². The standard InChI is InChI=1S/C16H12Cl2N2O3S/c17-12-5-1-6-13(18)16(12)24(21,22)20-10-11-4-2-8-19-15(11)14-7-3-9-23-14/h1-9,20H,10H2. The van der Waals surface area contributed by atoms with Crippen molar-refractivity contribution >= 4 is 33.2 Å². The Morgan fingerprint density at radius 1 is 1.04 bits per heavy atom. The zero-order valence-corrected chi connectivity index (χ0v) is 14.6. The van der Waals surface area contributed by atoms with Crippen LogP contribution in [0.4, 0.5) is 0 Å². The van der Waals surface area contributed by atoms with E-state index in [0.717, 1.165) is 0 Å². The maximum Gasteiger partial charge on any atom is 0.243 e. The van der Waals surface area contributed by atoms with Crippen molar-refractivity contribution in [2.24, 2.45) is 0 Å². The Morgan fingerprint density at radius 3 is 2.46 bits per heavy atom. The molecule has 0 unspecified atom stereocenters. The van der Waals surface area contributed by atoms with Gasteiger partial charge in [-0.15, -0.1) is 0 Å². The summed E-state index contributed by atoms with van der Waals surface area (Å²) in [6.07, 6.45) is 3.14. The lowest BCUT2D eigenvalue weighted by Gasteiger charge is -2.11. The van der Waals surface area contributed by atoms with E-state index in [1.165, 1.54) is 18.4 Å². The molecular formula is C16H12Cl2N2O3S. The van der Waals surface area contributed by atoms with E-state index in [2.05, 4.69) is 9.71 Å². The molecule has 0 radical (unpaired) electrons. The summed E-state index contributed by atoms with van der Waals surface area (Å²) in [5, 5.41) is 0.125. The Labute approximate surface area is 149 Å². The largest absolute Gasteiger partial charge is 0.463 e. The van der Waals surface area contributed by atoms with Gasteiger partial charge in [-0.3, -0.25) is 4.98 Å². The third-order valence-corrected chi connectivity index (χ3v) is 5.64. The minimum Gasteiger partial charge on any atom is -0.463 e. The highest BCUT2D eigenvalue weighted by Crippen LogP contribution is 2.29. The van der Waals surface area contributed by atoms with E-state index in [9.17, 15) is 8.42 Å². The predicted molar refractivity (Wildman–Crippen MR) is 92.4 cm³/mol. The second-order valence-electron chi connectivity index (χ2n) is 4.86. The van der Waals surface area contributed by atoms with Gasteiger partial charge in [-0.2, -0.15) is 0 Å². The van der Waals surface area contributed by atoms with Crippen molar-refractivity contribution in [2.75, 3.05) is 0 Å². The molecule has 0 aliphatic heterocycles. The van der Waals surface area contributed by atoms with Crippen LogP contribution in [0.25, 0.3) is 11.5 Å². The topological polar surface area (TPSA) is 72.2 Å². The predicted octanol–water partition coefficient (Wildman–Crippen LogP) is 4.13. The van der Waals surface area contributed by atoms with Gasteiger partial charge in [-0.25, -0.2) is 13.1 Å². The van der Waals surface area contributed by atoms with Gasteiger partial charge in [0, 0.05) is 12.7 Å². The van der Waals surface area contributed by atoms with Gasteiger partial charge in [-0.05, 0) is 35.9 Å². The minimum atomic E-state index is -3.88. The molecule has 0 bridgehead atoms. The van der Waals surface area contributed by atoms with Crippen LogP contribution in [0.1, 0.15) is 5.56 Å². The van der Waals surface area contributed by atoms with Gasteiger partial charge in [0.15, 0.2) is 5.76 Å². The van der Waals surface area contributed by atoms with Gasteiger partial charge in [0.1, 0.15) is 10.6 Å². The molecule has 1 aromatic carbocycles. The Balaban J connectivity index is 1.89. The van der Waals surface area contributed by atoms with E-state index in [4.69, 9.17) is 27.6 Å². The van der Waals surface area contributed by atoms with Gasteiger partial charge >= 0.3 is 0 Å². The third kappa shape index (κ3) is 3.47. The van der Waals surface area contributed by atoms with Gasteiger partial charge in [-0.1, -0.05) is 35.3 Å². The first-order chi connectivity index (χ1) is 11.5. The molecule has 3 aromatic rings. The second-order valence-corrected chi connectivity index (χ2v) is 7.38. The van der Waals surface area contributed by atoms with Crippen molar-refractivity contribution < 1.29 is 12.8 Å². The average molecular weight is 383 g/mol. The normalized spacial score (nSPS) is 11.6. The van der Waals surface area contributed by atoms with Gasteiger partial charge in [0.25, 0.3) is 0 Å². The van der Waals surface area contributed by atoms with Crippen molar-refractivity contribution in [1.29, 1.82) is 0 Å². The molecule has 124 valence electrons. The summed E-state index contributed by atoms with van der Waals surface area (Å²) in [6.45, 7) is 0.0216. The molecule has 2 aromatic heterocycles. The van der Waals surface area contributed by atoms with Crippen molar-refractivity contribution in [3.63, 3.8) is 0 Å². The van der Waals surface area contributed by atoms with Crippen LogP contribution in [0.15, 0.2) is 64.2 Å². The fraction of sp³-hybridized carbons (Fsp3) is 0.0625. The maximum atomic E-state index is 12.5. The summed E-state index contributed by atoms with van der Waals surface area (Å²) in [6, 6.07) is 11.5. The van der Waals surface area contributed by atoms with Crippen LogP contribution in [0.3, 0.4) is 0 Å².